The number of amides is 1. The SMILES string of the molecule is Cc1cc(C)n(-c2ccc(C(=O)N3C[C@@H]4OCC(n5cncn5)CO[C@H]4C3)cc2)n1. The number of hydrogen-bond donors (Lipinski definition) is 0. The van der Waals surface area contributed by atoms with Gasteiger partial charge in [-0.2, -0.15) is 10.2 Å². The molecule has 0 radical (unpaired) electrons. The summed E-state index contributed by atoms with van der Waals surface area (Å²) in [4.78, 5) is 18.8. The maximum atomic E-state index is 13.0. The molecule has 0 bridgehead atoms. The van der Waals surface area contributed by atoms with Gasteiger partial charge in [-0.1, -0.05) is 0 Å². The Kier molecular flexibility index (Phi) is 4.84. The van der Waals surface area contributed by atoms with E-state index in [0.29, 0.717) is 31.9 Å². The first-order chi connectivity index (χ1) is 14.6. The van der Waals surface area contributed by atoms with Gasteiger partial charge in [-0.3, -0.25) is 4.79 Å². The monoisotopic (exact) mass is 408 g/mol. The summed E-state index contributed by atoms with van der Waals surface area (Å²) in [6.45, 7) is 6.00. The molecule has 0 spiro atoms. The molecule has 2 saturated heterocycles. The van der Waals surface area contributed by atoms with Crippen molar-refractivity contribution < 1.29 is 14.3 Å². The second kappa shape index (κ2) is 7.66. The average Bonchev–Trinajstić information content (AvgIpc) is 3.46. The van der Waals surface area contributed by atoms with Crippen molar-refractivity contribution in [3.63, 3.8) is 0 Å². The van der Waals surface area contributed by atoms with Crippen LogP contribution in [0.2, 0.25) is 0 Å². The van der Waals surface area contributed by atoms with Crippen molar-refractivity contribution in [2.24, 2.45) is 0 Å². The van der Waals surface area contributed by atoms with E-state index < -0.39 is 0 Å². The van der Waals surface area contributed by atoms with Crippen molar-refractivity contribution in [2.75, 3.05) is 26.3 Å². The molecule has 2 aliphatic rings. The number of aromatic nitrogens is 5. The molecule has 2 atom stereocenters. The quantitative estimate of drug-likeness (QED) is 0.654. The Hall–Kier alpha value is -3.04. The number of carbonyl (C=O) groups is 1. The number of aryl methyl sites for hydroxylation is 2. The van der Waals surface area contributed by atoms with E-state index in [-0.39, 0.29) is 24.2 Å². The van der Waals surface area contributed by atoms with Crippen molar-refractivity contribution in [2.45, 2.75) is 32.1 Å². The molecule has 2 aliphatic heterocycles. The van der Waals surface area contributed by atoms with Crippen LogP contribution in [0.4, 0.5) is 0 Å². The van der Waals surface area contributed by atoms with Crippen LogP contribution >= 0.6 is 0 Å². The van der Waals surface area contributed by atoms with Crippen LogP contribution in [-0.2, 0) is 9.47 Å². The molecule has 30 heavy (non-hydrogen) atoms. The van der Waals surface area contributed by atoms with E-state index in [0.717, 1.165) is 17.1 Å². The third-order valence-corrected chi connectivity index (χ3v) is 5.69. The summed E-state index contributed by atoms with van der Waals surface area (Å²) < 4.78 is 15.7. The Morgan fingerprint density at radius 3 is 2.33 bits per heavy atom. The van der Waals surface area contributed by atoms with Gasteiger partial charge < -0.3 is 14.4 Å². The second-order valence-electron chi connectivity index (χ2n) is 7.87. The average molecular weight is 408 g/mol. The van der Waals surface area contributed by atoms with Gasteiger partial charge in [0.15, 0.2) is 0 Å². The fraction of sp³-hybridized carbons (Fsp3) is 0.429. The van der Waals surface area contributed by atoms with E-state index >= 15 is 0 Å². The molecular weight excluding hydrogens is 384 g/mol. The van der Waals surface area contributed by atoms with Gasteiger partial charge in [0.05, 0.1) is 24.6 Å². The number of rotatable bonds is 3. The summed E-state index contributed by atoms with van der Waals surface area (Å²) >= 11 is 0. The molecule has 1 aromatic carbocycles. The molecule has 1 amide bonds. The van der Waals surface area contributed by atoms with Crippen LogP contribution in [0.15, 0.2) is 43.0 Å². The lowest BCUT2D eigenvalue weighted by Crippen LogP contribution is -2.31. The van der Waals surface area contributed by atoms with Crippen LogP contribution in [0.3, 0.4) is 0 Å². The van der Waals surface area contributed by atoms with Crippen LogP contribution in [0.5, 0.6) is 0 Å². The number of carbonyl (C=O) groups excluding carboxylic acids is 1. The molecule has 2 aromatic heterocycles. The Morgan fingerprint density at radius 1 is 1.07 bits per heavy atom. The highest BCUT2D eigenvalue weighted by atomic mass is 16.6. The van der Waals surface area contributed by atoms with Crippen LogP contribution in [0.1, 0.15) is 27.8 Å². The summed E-state index contributed by atoms with van der Waals surface area (Å²) in [5.74, 6) is -0.0111. The fourth-order valence-corrected chi connectivity index (χ4v) is 4.12. The zero-order valence-electron chi connectivity index (χ0n) is 17.0. The first-order valence-electron chi connectivity index (χ1n) is 10.1. The molecule has 9 nitrogen and oxygen atoms in total. The highest BCUT2D eigenvalue weighted by Crippen LogP contribution is 2.25. The highest BCUT2D eigenvalue weighted by molar-refractivity contribution is 5.94. The summed E-state index contributed by atoms with van der Waals surface area (Å²) in [5.41, 5.74) is 3.62. The molecule has 2 fully saturated rings. The van der Waals surface area contributed by atoms with E-state index in [4.69, 9.17) is 9.47 Å². The van der Waals surface area contributed by atoms with Gasteiger partial charge in [0, 0.05) is 24.3 Å². The van der Waals surface area contributed by atoms with E-state index in [2.05, 4.69) is 15.2 Å². The number of fused-ring (bicyclic) bond motifs is 1. The van der Waals surface area contributed by atoms with Gasteiger partial charge in [0.25, 0.3) is 5.91 Å². The van der Waals surface area contributed by atoms with Gasteiger partial charge in [-0.25, -0.2) is 14.3 Å². The van der Waals surface area contributed by atoms with Crippen molar-refractivity contribution in [1.82, 2.24) is 29.4 Å². The maximum absolute atomic E-state index is 13.0. The molecule has 0 saturated carbocycles. The van der Waals surface area contributed by atoms with Crippen molar-refractivity contribution in [1.29, 1.82) is 0 Å². The second-order valence-corrected chi connectivity index (χ2v) is 7.87. The van der Waals surface area contributed by atoms with Gasteiger partial charge in [0.1, 0.15) is 30.9 Å². The molecule has 0 unspecified atom stereocenters. The number of nitrogens with zero attached hydrogens (tertiary/aromatic N) is 6. The third-order valence-electron chi connectivity index (χ3n) is 5.69. The number of likely N-dealkylation sites (tertiary alicyclic amines) is 1. The topological polar surface area (TPSA) is 87.3 Å². The van der Waals surface area contributed by atoms with Crippen molar-refractivity contribution >= 4 is 5.91 Å². The standard InChI is InChI=1S/C21H24N6O3/c1-14-7-15(2)27(24-14)17-5-3-16(4-6-17)21(28)25-8-19-20(9-25)30-11-18(10-29-19)26-13-22-12-23-26/h3-7,12-13,18-20H,8-11H2,1-2H3/t19-,20-/m0/s1. The molecule has 156 valence electrons. The minimum atomic E-state index is -0.128. The molecule has 0 N–H and O–H groups in total. The van der Waals surface area contributed by atoms with Gasteiger partial charge >= 0.3 is 0 Å². The summed E-state index contributed by atoms with van der Waals surface area (Å²) in [6, 6.07) is 9.59. The predicted molar refractivity (Wildman–Crippen MR) is 107 cm³/mol. The third kappa shape index (κ3) is 3.50. The molecule has 5 rings (SSSR count). The largest absolute Gasteiger partial charge is 0.371 e. The van der Waals surface area contributed by atoms with Crippen LogP contribution in [-0.4, -0.2) is 73.9 Å². The van der Waals surface area contributed by atoms with Gasteiger partial charge in [0.2, 0.25) is 0 Å². The van der Waals surface area contributed by atoms with Crippen LogP contribution in [0, 0.1) is 13.8 Å². The van der Waals surface area contributed by atoms with E-state index in [9.17, 15) is 4.79 Å². The normalized spacial score (nSPS) is 22.1. The minimum absolute atomic E-state index is 0.00388. The van der Waals surface area contributed by atoms with Gasteiger partial charge in [-0.05, 0) is 44.2 Å². The first kappa shape index (κ1) is 19.0. The zero-order valence-corrected chi connectivity index (χ0v) is 17.0. The first-order valence-corrected chi connectivity index (χ1v) is 10.1. The van der Waals surface area contributed by atoms with Crippen LogP contribution in [0.25, 0.3) is 5.69 Å². The zero-order chi connectivity index (χ0) is 20.7. The Balaban J connectivity index is 1.24. The van der Waals surface area contributed by atoms with Gasteiger partial charge in [-0.15, -0.1) is 0 Å². The lowest BCUT2D eigenvalue weighted by atomic mass is 10.2. The number of ether oxygens (including phenoxy) is 2. The Bertz CT molecular complexity index is 1010. The van der Waals surface area contributed by atoms with E-state index in [1.165, 1.54) is 6.33 Å². The number of benzene rings is 1. The number of hydrogen-bond acceptors (Lipinski definition) is 6. The molecule has 4 heterocycles. The Morgan fingerprint density at radius 2 is 1.77 bits per heavy atom. The maximum Gasteiger partial charge on any atom is 0.254 e. The lowest BCUT2D eigenvalue weighted by Gasteiger charge is -2.19. The van der Waals surface area contributed by atoms with Crippen molar-refractivity contribution in [3.8, 4) is 5.69 Å². The summed E-state index contributed by atoms with van der Waals surface area (Å²) in [7, 11) is 0. The van der Waals surface area contributed by atoms with Crippen molar-refractivity contribution in [3.05, 3.63) is 59.9 Å². The molecule has 9 heteroatoms. The predicted octanol–water partition coefficient (Wildman–Crippen LogP) is 1.56. The fourth-order valence-electron chi connectivity index (χ4n) is 4.12. The lowest BCUT2D eigenvalue weighted by molar-refractivity contribution is -0.00461. The Labute approximate surface area is 174 Å². The van der Waals surface area contributed by atoms with E-state index in [1.807, 2.05) is 53.8 Å². The highest BCUT2D eigenvalue weighted by Gasteiger charge is 2.39. The summed E-state index contributed by atoms with van der Waals surface area (Å²) in [6.07, 6.45) is 2.92. The summed E-state index contributed by atoms with van der Waals surface area (Å²) in [5, 5.41) is 8.66. The molecule has 3 aromatic rings. The molecule has 0 aliphatic carbocycles. The smallest absolute Gasteiger partial charge is 0.254 e. The molecular formula is C21H24N6O3. The minimum Gasteiger partial charge on any atom is -0.371 e. The van der Waals surface area contributed by atoms with Crippen LogP contribution < -0.4 is 0 Å². The van der Waals surface area contributed by atoms with E-state index in [1.54, 1.807) is 11.0 Å².